The third-order valence-corrected chi connectivity index (χ3v) is 11.1. The van der Waals surface area contributed by atoms with Crippen LogP contribution in [0.3, 0.4) is 0 Å². The first kappa shape index (κ1) is 32.2. The molecule has 6 rings (SSSR count). The molecular formula is C41H52N4O. The summed E-state index contributed by atoms with van der Waals surface area (Å²) in [6.45, 7) is 20.0. The van der Waals surface area contributed by atoms with Crippen molar-refractivity contribution in [2.45, 2.75) is 125 Å². The average Bonchev–Trinajstić information content (AvgIpc) is 3.78. The zero-order valence-electron chi connectivity index (χ0n) is 29.5. The summed E-state index contributed by atoms with van der Waals surface area (Å²) in [6.07, 6.45) is 6.84. The number of hydrogen-bond acceptors (Lipinski definition) is 3. The number of fused-ring (bicyclic) bond motifs is 8. The standard InChI is InChI=1S/C41H52N4O/c1-10-24-25(11-2)34-21-35-28(14-5)29(15-6)39(44-35)31-19-18-30(23(9)46)38-40(31)45-37(41(38,16-7)17-8)22-36-27(13-4)26(12-3)33(43-36)20-32(24)42-34/h18-23,42-43,46H,10-17H2,1-9H3. The summed E-state index contributed by atoms with van der Waals surface area (Å²) in [5, 5.41) is 12.2. The highest BCUT2D eigenvalue weighted by atomic mass is 16.3. The lowest BCUT2D eigenvalue weighted by molar-refractivity contribution is 0.196. The lowest BCUT2D eigenvalue weighted by Gasteiger charge is -2.30. The summed E-state index contributed by atoms with van der Waals surface area (Å²) in [4.78, 5) is 18.8. The van der Waals surface area contributed by atoms with Gasteiger partial charge in [-0.25, -0.2) is 4.98 Å². The number of allylic oxidation sites excluding steroid dienone is 2. The topological polar surface area (TPSA) is 77.6 Å². The molecule has 1 unspecified atom stereocenters. The molecule has 0 saturated heterocycles. The zero-order chi connectivity index (χ0) is 32.9. The Kier molecular flexibility index (Phi) is 8.75. The van der Waals surface area contributed by atoms with Gasteiger partial charge in [-0.1, -0.05) is 67.5 Å². The van der Waals surface area contributed by atoms with Crippen LogP contribution in [0.4, 0.5) is 0 Å². The van der Waals surface area contributed by atoms with E-state index in [1.165, 1.54) is 50.0 Å². The average molecular weight is 617 g/mol. The summed E-state index contributed by atoms with van der Waals surface area (Å²) in [6, 6.07) is 11.3. The first-order valence-corrected chi connectivity index (χ1v) is 17.9. The predicted octanol–water partition coefficient (Wildman–Crippen LogP) is 10.6. The van der Waals surface area contributed by atoms with Crippen LogP contribution < -0.4 is 0 Å². The molecule has 4 aromatic rings. The molecule has 0 amide bonds. The van der Waals surface area contributed by atoms with Crippen LogP contribution in [0.15, 0.2) is 30.3 Å². The molecule has 0 radical (unpaired) electrons. The number of nitrogens with zero attached hydrogens (tertiary/aromatic N) is 2. The Morgan fingerprint density at radius 3 is 1.65 bits per heavy atom. The number of aliphatic hydroxyl groups excluding tert-OH is 1. The number of nitrogens with one attached hydrogen (secondary N) is 2. The fourth-order valence-corrected chi connectivity index (χ4v) is 8.70. The van der Waals surface area contributed by atoms with E-state index >= 15 is 0 Å². The van der Waals surface area contributed by atoms with Crippen LogP contribution in [0.25, 0.3) is 44.1 Å². The molecular weight excluding hydrogens is 564 g/mol. The van der Waals surface area contributed by atoms with E-state index in [0.29, 0.717) is 0 Å². The van der Waals surface area contributed by atoms with Gasteiger partial charge in [-0.3, -0.25) is 4.98 Å². The van der Waals surface area contributed by atoms with Crippen LogP contribution in [0.2, 0.25) is 0 Å². The number of hydrogen-bond donors (Lipinski definition) is 3. The minimum atomic E-state index is -0.594. The molecule has 0 fully saturated rings. The van der Waals surface area contributed by atoms with E-state index in [2.05, 4.69) is 95.7 Å². The summed E-state index contributed by atoms with van der Waals surface area (Å²) in [7, 11) is 0. The Hall–Kier alpha value is -3.70. The largest absolute Gasteiger partial charge is 0.389 e. The van der Waals surface area contributed by atoms with Crippen LogP contribution >= 0.6 is 0 Å². The second-order valence-corrected chi connectivity index (χ2v) is 13.1. The van der Waals surface area contributed by atoms with Gasteiger partial charge < -0.3 is 15.1 Å². The second kappa shape index (κ2) is 12.5. The van der Waals surface area contributed by atoms with E-state index in [4.69, 9.17) is 9.97 Å². The van der Waals surface area contributed by atoms with Gasteiger partial charge in [-0.15, -0.1) is 0 Å². The number of aromatic nitrogens is 4. The minimum absolute atomic E-state index is 0.307. The predicted molar refractivity (Wildman–Crippen MR) is 195 cm³/mol. The molecule has 5 heteroatoms. The Balaban J connectivity index is 1.93. The highest BCUT2D eigenvalue weighted by Gasteiger charge is 2.41. The normalized spacial score (nSPS) is 15.0. The van der Waals surface area contributed by atoms with E-state index in [-0.39, 0.29) is 5.41 Å². The molecule has 3 aromatic heterocycles. The van der Waals surface area contributed by atoms with Gasteiger partial charge >= 0.3 is 0 Å². The van der Waals surface area contributed by atoms with Crippen molar-refractivity contribution in [2.75, 3.05) is 0 Å². The Labute approximate surface area is 274 Å². The van der Waals surface area contributed by atoms with Crippen molar-refractivity contribution >= 4 is 44.1 Å². The van der Waals surface area contributed by atoms with Crippen LogP contribution in [-0.2, 0) is 31.1 Å². The molecule has 0 spiro atoms. The van der Waals surface area contributed by atoms with Crippen molar-refractivity contribution in [3.8, 4) is 0 Å². The van der Waals surface area contributed by atoms with Crippen molar-refractivity contribution in [1.82, 2.24) is 19.9 Å². The molecule has 2 aliphatic heterocycles. The maximum absolute atomic E-state index is 11.1. The van der Waals surface area contributed by atoms with Gasteiger partial charge in [0.05, 0.1) is 28.7 Å². The molecule has 0 saturated carbocycles. The lowest BCUT2D eigenvalue weighted by atomic mass is 9.71. The number of rotatable bonds is 9. The number of aromatic amines is 2. The molecule has 0 aliphatic carbocycles. The molecule has 1 aromatic carbocycles. The van der Waals surface area contributed by atoms with E-state index in [9.17, 15) is 5.11 Å². The van der Waals surface area contributed by atoms with Crippen molar-refractivity contribution in [3.05, 3.63) is 80.8 Å². The van der Waals surface area contributed by atoms with Crippen molar-refractivity contribution in [3.63, 3.8) is 0 Å². The third-order valence-electron chi connectivity index (χ3n) is 11.1. The summed E-state index contributed by atoms with van der Waals surface area (Å²) in [5.41, 5.74) is 18.8. The number of H-pyrrole nitrogens is 2. The Morgan fingerprint density at radius 1 is 0.652 bits per heavy atom. The van der Waals surface area contributed by atoms with E-state index < -0.39 is 6.10 Å². The quantitative estimate of drug-likeness (QED) is 0.175. The Bertz CT molecular complexity index is 2020. The van der Waals surface area contributed by atoms with Crippen molar-refractivity contribution in [2.24, 2.45) is 0 Å². The number of aryl methyl sites for hydroxylation is 4. The molecule has 2 aliphatic rings. The van der Waals surface area contributed by atoms with Gasteiger partial charge in [0.2, 0.25) is 0 Å². The maximum atomic E-state index is 11.1. The lowest BCUT2D eigenvalue weighted by Crippen LogP contribution is -2.25. The van der Waals surface area contributed by atoms with E-state index in [0.717, 1.165) is 95.9 Å². The zero-order valence-corrected chi connectivity index (χ0v) is 29.5. The number of benzene rings is 1. The van der Waals surface area contributed by atoms with Crippen LogP contribution in [0, 0.1) is 0 Å². The highest BCUT2D eigenvalue weighted by Crippen LogP contribution is 2.49. The van der Waals surface area contributed by atoms with E-state index in [1.807, 2.05) is 6.92 Å². The van der Waals surface area contributed by atoms with Crippen LogP contribution in [0.5, 0.6) is 0 Å². The van der Waals surface area contributed by atoms with Gasteiger partial charge in [0.15, 0.2) is 0 Å². The maximum Gasteiger partial charge on any atom is 0.0772 e. The van der Waals surface area contributed by atoms with Gasteiger partial charge in [-0.05, 0) is 121 Å². The van der Waals surface area contributed by atoms with Gasteiger partial charge in [0.1, 0.15) is 0 Å². The minimum Gasteiger partial charge on any atom is -0.389 e. The van der Waals surface area contributed by atoms with Crippen molar-refractivity contribution < 1.29 is 5.11 Å². The first-order chi connectivity index (χ1) is 22.2. The summed E-state index contributed by atoms with van der Waals surface area (Å²) in [5.74, 6) is 0. The molecule has 1 atom stereocenters. The molecule has 5 nitrogen and oxygen atoms in total. The molecule has 5 heterocycles. The van der Waals surface area contributed by atoms with Crippen molar-refractivity contribution in [1.29, 1.82) is 0 Å². The molecule has 3 N–H and O–H groups in total. The third kappa shape index (κ3) is 4.68. The second-order valence-electron chi connectivity index (χ2n) is 13.1. The van der Waals surface area contributed by atoms with Crippen LogP contribution in [0.1, 0.15) is 145 Å². The fraction of sp³-hybridized carbons (Fsp3) is 0.463. The molecule has 46 heavy (non-hydrogen) atoms. The smallest absolute Gasteiger partial charge is 0.0772 e. The van der Waals surface area contributed by atoms with Gasteiger partial charge in [0, 0.05) is 32.9 Å². The Morgan fingerprint density at radius 2 is 1.17 bits per heavy atom. The molecule has 242 valence electrons. The fourth-order valence-electron chi connectivity index (χ4n) is 8.70. The molecule has 8 bridgehead atoms. The SMILES string of the molecule is CCC1=C(CC)c2nc1cc1[nH]c(cc3[nH]c(cc4nc5c(c(C(C)O)ccc25)C4(CC)CC)c(CC)c3CC)c(CC)c1CC. The van der Waals surface area contributed by atoms with Crippen LogP contribution in [-0.4, -0.2) is 25.0 Å². The monoisotopic (exact) mass is 616 g/mol. The summed E-state index contributed by atoms with van der Waals surface area (Å²) >= 11 is 0. The van der Waals surface area contributed by atoms with E-state index in [1.54, 1.807) is 0 Å². The van der Waals surface area contributed by atoms with Gasteiger partial charge in [0.25, 0.3) is 0 Å². The first-order valence-electron chi connectivity index (χ1n) is 17.9. The van der Waals surface area contributed by atoms with Gasteiger partial charge in [-0.2, -0.15) is 0 Å². The number of aliphatic hydroxyl groups is 1. The highest BCUT2D eigenvalue weighted by molar-refractivity contribution is 6.02. The summed E-state index contributed by atoms with van der Waals surface area (Å²) < 4.78 is 0.